The standard InChI is InChI=1S/C13H19N3O4/c1-8-14-13(20-15-8)10-5-9-3-4-16(6-11(9)19-10)12(17)7-18-2/h9-11H,3-7H2,1-2H3/t9-,10+,11+/m1/s1. The molecule has 0 N–H and O–H groups in total. The lowest BCUT2D eigenvalue weighted by Gasteiger charge is -2.33. The van der Waals surface area contributed by atoms with Gasteiger partial charge in [0.1, 0.15) is 12.7 Å². The highest BCUT2D eigenvalue weighted by molar-refractivity contribution is 5.77. The van der Waals surface area contributed by atoms with E-state index in [4.69, 9.17) is 14.0 Å². The van der Waals surface area contributed by atoms with Gasteiger partial charge in [-0.1, -0.05) is 5.16 Å². The molecule has 3 heterocycles. The van der Waals surface area contributed by atoms with Crippen molar-refractivity contribution in [1.29, 1.82) is 0 Å². The molecule has 7 heteroatoms. The van der Waals surface area contributed by atoms with Gasteiger partial charge in [0.15, 0.2) is 5.82 Å². The number of carbonyl (C=O) groups is 1. The Hall–Kier alpha value is -1.47. The van der Waals surface area contributed by atoms with Crippen molar-refractivity contribution in [3.63, 3.8) is 0 Å². The van der Waals surface area contributed by atoms with E-state index in [1.165, 1.54) is 7.11 Å². The third kappa shape index (κ3) is 2.55. The fraction of sp³-hybridized carbons (Fsp3) is 0.769. The van der Waals surface area contributed by atoms with E-state index in [0.29, 0.717) is 24.2 Å². The van der Waals surface area contributed by atoms with Crippen molar-refractivity contribution in [3.05, 3.63) is 11.7 Å². The van der Waals surface area contributed by atoms with Crippen molar-refractivity contribution in [3.8, 4) is 0 Å². The molecule has 2 aliphatic rings. The molecule has 3 atom stereocenters. The zero-order valence-corrected chi connectivity index (χ0v) is 11.7. The lowest BCUT2D eigenvalue weighted by Crippen LogP contribution is -2.46. The van der Waals surface area contributed by atoms with Gasteiger partial charge in [-0.3, -0.25) is 4.79 Å². The first-order valence-corrected chi connectivity index (χ1v) is 6.89. The van der Waals surface area contributed by atoms with Crippen molar-refractivity contribution < 1.29 is 18.8 Å². The minimum absolute atomic E-state index is 0.0200. The number of likely N-dealkylation sites (tertiary alicyclic amines) is 1. The molecule has 0 bridgehead atoms. The van der Waals surface area contributed by atoms with Gasteiger partial charge in [-0.15, -0.1) is 0 Å². The first-order valence-electron chi connectivity index (χ1n) is 6.89. The van der Waals surface area contributed by atoms with E-state index in [2.05, 4.69) is 10.1 Å². The summed E-state index contributed by atoms with van der Waals surface area (Å²) < 4.78 is 16.1. The van der Waals surface area contributed by atoms with E-state index in [9.17, 15) is 4.79 Å². The fourth-order valence-corrected chi connectivity index (χ4v) is 2.97. The molecule has 1 aromatic heterocycles. The zero-order chi connectivity index (χ0) is 14.1. The summed E-state index contributed by atoms with van der Waals surface area (Å²) in [6, 6.07) is 0. The lowest BCUT2D eigenvalue weighted by molar-refractivity contribution is -0.139. The Morgan fingerprint density at radius 3 is 3.10 bits per heavy atom. The number of rotatable bonds is 3. The van der Waals surface area contributed by atoms with Crippen molar-refractivity contribution in [2.45, 2.75) is 32.0 Å². The maximum Gasteiger partial charge on any atom is 0.255 e. The summed E-state index contributed by atoms with van der Waals surface area (Å²) in [5, 5.41) is 3.80. The van der Waals surface area contributed by atoms with Crippen molar-refractivity contribution in [1.82, 2.24) is 15.0 Å². The SMILES string of the molecule is COCC(=O)N1CC[C@@H]2C[C@@H](c3nc(C)no3)O[C@H]2C1. The summed E-state index contributed by atoms with van der Waals surface area (Å²) in [6.07, 6.45) is 1.76. The Bertz CT molecular complexity index is 490. The van der Waals surface area contributed by atoms with Crippen molar-refractivity contribution in [2.75, 3.05) is 26.8 Å². The number of ether oxygens (including phenoxy) is 2. The van der Waals surface area contributed by atoms with E-state index in [1.54, 1.807) is 6.92 Å². The molecular formula is C13H19N3O4. The molecule has 7 nitrogen and oxygen atoms in total. The van der Waals surface area contributed by atoms with E-state index in [-0.39, 0.29) is 24.7 Å². The fourth-order valence-electron chi connectivity index (χ4n) is 2.97. The predicted octanol–water partition coefficient (Wildman–Crippen LogP) is 0.703. The van der Waals surface area contributed by atoms with Crippen LogP contribution >= 0.6 is 0 Å². The molecule has 110 valence electrons. The molecule has 1 amide bonds. The molecule has 0 spiro atoms. The third-order valence-electron chi connectivity index (χ3n) is 3.99. The number of carbonyl (C=O) groups excluding carboxylic acids is 1. The second kappa shape index (κ2) is 5.49. The Balaban J connectivity index is 1.62. The summed E-state index contributed by atoms with van der Waals surface area (Å²) in [7, 11) is 1.53. The summed E-state index contributed by atoms with van der Waals surface area (Å²) in [5.41, 5.74) is 0. The second-order valence-electron chi connectivity index (χ2n) is 5.40. The molecule has 3 rings (SSSR count). The van der Waals surface area contributed by atoms with Gasteiger partial charge >= 0.3 is 0 Å². The van der Waals surface area contributed by atoms with Crippen molar-refractivity contribution in [2.24, 2.45) is 5.92 Å². The van der Waals surface area contributed by atoms with Gasteiger partial charge in [0.05, 0.1) is 6.10 Å². The van der Waals surface area contributed by atoms with E-state index in [0.717, 1.165) is 19.4 Å². The van der Waals surface area contributed by atoms with Crippen LogP contribution in [0, 0.1) is 12.8 Å². The predicted molar refractivity (Wildman–Crippen MR) is 67.8 cm³/mol. The Kier molecular flexibility index (Phi) is 3.71. The Morgan fingerprint density at radius 1 is 1.55 bits per heavy atom. The molecule has 0 aromatic carbocycles. The van der Waals surface area contributed by atoms with Gasteiger partial charge in [0, 0.05) is 20.2 Å². The molecule has 2 aliphatic heterocycles. The largest absolute Gasteiger partial charge is 0.375 e. The first kappa shape index (κ1) is 13.5. The van der Waals surface area contributed by atoms with Crippen LogP contribution in [-0.4, -0.2) is 53.9 Å². The zero-order valence-electron chi connectivity index (χ0n) is 11.7. The van der Waals surface area contributed by atoms with Crippen LogP contribution < -0.4 is 0 Å². The number of amides is 1. The molecular weight excluding hydrogens is 262 g/mol. The number of hydrogen-bond acceptors (Lipinski definition) is 6. The highest BCUT2D eigenvalue weighted by Gasteiger charge is 2.42. The van der Waals surface area contributed by atoms with E-state index in [1.807, 2.05) is 4.90 Å². The molecule has 2 fully saturated rings. The van der Waals surface area contributed by atoms with Crippen LogP contribution in [-0.2, 0) is 14.3 Å². The second-order valence-corrected chi connectivity index (χ2v) is 5.40. The van der Waals surface area contributed by atoms with Crippen LogP contribution in [0.3, 0.4) is 0 Å². The van der Waals surface area contributed by atoms with Gasteiger partial charge < -0.3 is 18.9 Å². The van der Waals surface area contributed by atoms with Gasteiger partial charge in [0.2, 0.25) is 5.91 Å². The van der Waals surface area contributed by atoms with Crippen LogP contribution in [0.25, 0.3) is 0 Å². The molecule has 0 aliphatic carbocycles. The van der Waals surface area contributed by atoms with E-state index < -0.39 is 0 Å². The summed E-state index contributed by atoms with van der Waals surface area (Å²) in [4.78, 5) is 17.9. The average molecular weight is 281 g/mol. The molecule has 0 saturated carbocycles. The van der Waals surface area contributed by atoms with Crippen molar-refractivity contribution >= 4 is 5.91 Å². The number of fused-ring (bicyclic) bond motifs is 1. The summed E-state index contributed by atoms with van der Waals surface area (Å²) in [5.74, 6) is 1.65. The molecule has 2 saturated heterocycles. The van der Waals surface area contributed by atoms with Gasteiger partial charge in [-0.05, 0) is 25.7 Å². The molecule has 20 heavy (non-hydrogen) atoms. The highest BCUT2D eigenvalue weighted by atomic mass is 16.5. The molecule has 1 aromatic rings. The smallest absolute Gasteiger partial charge is 0.255 e. The molecule has 0 unspecified atom stereocenters. The van der Waals surface area contributed by atoms with Crippen LogP contribution in [0.2, 0.25) is 0 Å². The first-order chi connectivity index (χ1) is 9.67. The average Bonchev–Trinajstić information content (AvgIpc) is 3.03. The number of piperidine rings is 1. The van der Waals surface area contributed by atoms with Crippen LogP contribution in [0.1, 0.15) is 30.7 Å². The van der Waals surface area contributed by atoms with Gasteiger partial charge in [-0.2, -0.15) is 4.98 Å². The summed E-state index contributed by atoms with van der Waals surface area (Å²) >= 11 is 0. The lowest BCUT2D eigenvalue weighted by atomic mass is 9.92. The third-order valence-corrected chi connectivity index (χ3v) is 3.99. The maximum absolute atomic E-state index is 11.8. The maximum atomic E-state index is 11.8. The number of hydrogen-bond donors (Lipinski definition) is 0. The highest BCUT2D eigenvalue weighted by Crippen LogP contribution is 2.40. The number of nitrogens with zero attached hydrogens (tertiary/aromatic N) is 3. The normalized spacial score (nSPS) is 29.5. The van der Waals surface area contributed by atoms with Crippen LogP contribution in [0.4, 0.5) is 0 Å². The number of methoxy groups -OCH3 is 1. The van der Waals surface area contributed by atoms with Gasteiger partial charge in [0.25, 0.3) is 5.89 Å². The Labute approximate surface area is 117 Å². The topological polar surface area (TPSA) is 77.7 Å². The minimum atomic E-state index is -0.135. The minimum Gasteiger partial charge on any atom is -0.375 e. The number of aromatic nitrogens is 2. The monoisotopic (exact) mass is 281 g/mol. The van der Waals surface area contributed by atoms with Gasteiger partial charge in [-0.25, -0.2) is 0 Å². The quantitative estimate of drug-likeness (QED) is 0.811. The van der Waals surface area contributed by atoms with Crippen LogP contribution in [0.5, 0.6) is 0 Å². The number of aryl methyl sites for hydroxylation is 1. The van der Waals surface area contributed by atoms with Crippen LogP contribution in [0.15, 0.2) is 4.52 Å². The summed E-state index contributed by atoms with van der Waals surface area (Å²) in [6.45, 7) is 3.31. The van der Waals surface area contributed by atoms with E-state index >= 15 is 0 Å². The molecule has 0 radical (unpaired) electrons. The Morgan fingerprint density at radius 2 is 2.40 bits per heavy atom.